The van der Waals surface area contributed by atoms with Crippen molar-refractivity contribution in [1.29, 1.82) is 0 Å². The lowest BCUT2D eigenvalue weighted by atomic mass is 9.99. The number of rotatable bonds is 2. The van der Waals surface area contributed by atoms with Gasteiger partial charge in [-0.05, 0) is 17.0 Å². The van der Waals surface area contributed by atoms with Gasteiger partial charge in [0.15, 0.2) is 0 Å². The summed E-state index contributed by atoms with van der Waals surface area (Å²) in [6, 6.07) is 10.8. The summed E-state index contributed by atoms with van der Waals surface area (Å²) in [6.45, 7) is 1.80. The third-order valence-corrected chi connectivity index (χ3v) is 4.45. The molecule has 4 heteroatoms. The molecule has 1 saturated heterocycles. The fourth-order valence-electron chi connectivity index (χ4n) is 2.40. The molecule has 100 valence electrons. The zero-order valence-electron chi connectivity index (χ0n) is 10.3. The Morgan fingerprint density at radius 1 is 1.11 bits per heavy atom. The van der Waals surface area contributed by atoms with E-state index in [1.165, 1.54) is 6.07 Å². The van der Waals surface area contributed by atoms with Crippen molar-refractivity contribution in [2.45, 2.75) is 10.9 Å². The first-order valence-corrected chi connectivity index (χ1v) is 7.19. The van der Waals surface area contributed by atoms with Crippen LogP contribution < -0.4 is 0 Å². The second-order valence-electron chi connectivity index (χ2n) is 4.57. The van der Waals surface area contributed by atoms with Crippen LogP contribution in [0.4, 0.5) is 4.39 Å². The largest absolute Gasteiger partial charge is 0.376 e. The molecule has 0 aliphatic carbocycles. The first-order valence-electron chi connectivity index (χ1n) is 6.28. The van der Waals surface area contributed by atoms with Crippen molar-refractivity contribution in [1.82, 2.24) is 0 Å². The van der Waals surface area contributed by atoms with E-state index in [0.717, 1.165) is 10.9 Å². The van der Waals surface area contributed by atoms with Gasteiger partial charge in [-0.2, -0.15) is 0 Å². The summed E-state index contributed by atoms with van der Waals surface area (Å²) >= 11 is 3.67. The Hall–Kier alpha value is -0.970. The van der Waals surface area contributed by atoms with E-state index in [2.05, 4.69) is 15.9 Å². The van der Waals surface area contributed by atoms with Crippen LogP contribution in [0, 0.1) is 5.82 Å². The number of halogens is 2. The molecule has 1 heterocycles. The highest BCUT2D eigenvalue weighted by molar-refractivity contribution is 9.09. The molecule has 2 nitrogen and oxygen atoms in total. The average Bonchev–Trinajstić information content (AvgIpc) is 2.48. The van der Waals surface area contributed by atoms with E-state index in [0.29, 0.717) is 25.2 Å². The summed E-state index contributed by atoms with van der Waals surface area (Å²) in [4.78, 5) is -0.00157. The van der Waals surface area contributed by atoms with Gasteiger partial charge in [-0.1, -0.05) is 46.3 Å². The lowest BCUT2D eigenvalue weighted by molar-refractivity contribution is -0.0875. The maximum Gasteiger partial charge on any atom is 0.131 e. The Morgan fingerprint density at radius 2 is 1.89 bits per heavy atom. The fourth-order valence-corrected chi connectivity index (χ4v) is 3.11. The van der Waals surface area contributed by atoms with Gasteiger partial charge in [0.2, 0.25) is 0 Å². The first-order chi connectivity index (χ1) is 9.27. The molecular formula is C15H14BrFO2. The molecule has 0 bridgehead atoms. The number of hydrogen-bond acceptors (Lipinski definition) is 2. The standard InChI is InChI=1S/C15H14BrFO2/c16-15(14-9-18-7-8-19-14)12-5-6-13(17)11-4-2-1-3-10(11)12/h1-6,14-15H,7-9H2. The Balaban J connectivity index is 2.02. The van der Waals surface area contributed by atoms with Crippen LogP contribution in [0.5, 0.6) is 0 Å². The van der Waals surface area contributed by atoms with Crippen molar-refractivity contribution in [2.75, 3.05) is 19.8 Å². The molecule has 0 N–H and O–H groups in total. The van der Waals surface area contributed by atoms with Gasteiger partial charge in [0.25, 0.3) is 0 Å². The van der Waals surface area contributed by atoms with Crippen molar-refractivity contribution in [2.24, 2.45) is 0 Å². The zero-order chi connectivity index (χ0) is 13.2. The van der Waals surface area contributed by atoms with Crippen LogP contribution in [-0.4, -0.2) is 25.9 Å². The van der Waals surface area contributed by atoms with Crippen LogP contribution in [0.25, 0.3) is 10.8 Å². The van der Waals surface area contributed by atoms with E-state index in [1.807, 2.05) is 24.3 Å². The van der Waals surface area contributed by atoms with Gasteiger partial charge in [-0.25, -0.2) is 4.39 Å². The monoisotopic (exact) mass is 324 g/mol. The topological polar surface area (TPSA) is 18.5 Å². The molecule has 1 aliphatic heterocycles. The zero-order valence-corrected chi connectivity index (χ0v) is 11.9. The van der Waals surface area contributed by atoms with Crippen molar-refractivity contribution in [3.05, 3.63) is 47.8 Å². The number of fused-ring (bicyclic) bond motifs is 1. The molecule has 2 aromatic rings. The molecule has 3 rings (SSSR count). The highest BCUT2D eigenvalue weighted by Gasteiger charge is 2.26. The molecule has 0 spiro atoms. The summed E-state index contributed by atoms with van der Waals surface area (Å²) in [5.74, 6) is -0.195. The van der Waals surface area contributed by atoms with Crippen LogP contribution in [0.1, 0.15) is 10.4 Å². The Morgan fingerprint density at radius 3 is 2.63 bits per heavy atom. The molecule has 2 atom stereocenters. The van der Waals surface area contributed by atoms with Crippen LogP contribution in [0.15, 0.2) is 36.4 Å². The van der Waals surface area contributed by atoms with Gasteiger partial charge in [-0.3, -0.25) is 0 Å². The van der Waals surface area contributed by atoms with E-state index < -0.39 is 0 Å². The number of alkyl halides is 1. The maximum atomic E-state index is 13.8. The highest BCUT2D eigenvalue weighted by atomic mass is 79.9. The summed E-state index contributed by atoms with van der Waals surface area (Å²) in [5.41, 5.74) is 1.03. The summed E-state index contributed by atoms with van der Waals surface area (Å²) in [6.07, 6.45) is -0.0392. The third-order valence-electron chi connectivity index (χ3n) is 3.37. The molecular weight excluding hydrogens is 311 g/mol. The van der Waals surface area contributed by atoms with E-state index in [9.17, 15) is 4.39 Å². The van der Waals surface area contributed by atoms with Gasteiger partial charge in [0.1, 0.15) is 5.82 Å². The SMILES string of the molecule is Fc1ccc(C(Br)C2COCCO2)c2ccccc12. The maximum absolute atomic E-state index is 13.8. The summed E-state index contributed by atoms with van der Waals surface area (Å²) in [5, 5.41) is 1.56. The predicted molar refractivity (Wildman–Crippen MR) is 76.1 cm³/mol. The second-order valence-corrected chi connectivity index (χ2v) is 5.55. The van der Waals surface area contributed by atoms with Crippen LogP contribution >= 0.6 is 15.9 Å². The Bertz CT molecular complexity index is 581. The summed E-state index contributed by atoms with van der Waals surface area (Å²) in [7, 11) is 0. The molecule has 0 amide bonds. The lowest BCUT2D eigenvalue weighted by Gasteiger charge is -2.28. The Labute approximate surface area is 119 Å². The second kappa shape index (κ2) is 5.57. The van der Waals surface area contributed by atoms with E-state index in [1.54, 1.807) is 6.07 Å². The first kappa shape index (κ1) is 13.0. The van der Waals surface area contributed by atoms with Gasteiger partial charge in [-0.15, -0.1) is 0 Å². The number of hydrogen-bond donors (Lipinski definition) is 0. The van der Waals surface area contributed by atoms with Gasteiger partial charge < -0.3 is 9.47 Å². The molecule has 0 saturated carbocycles. The predicted octanol–water partition coefficient (Wildman–Crippen LogP) is 3.83. The van der Waals surface area contributed by atoms with Gasteiger partial charge in [0, 0.05) is 5.39 Å². The van der Waals surface area contributed by atoms with E-state index in [-0.39, 0.29) is 16.7 Å². The minimum absolute atomic E-state index is 0.00157. The minimum atomic E-state index is -0.195. The van der Waals surface area contributed by atoms with E-state index in [4.69, 9.17) is 9.47 Å². The number of ether oxygens (including phenoxy) is 2. The fraction of sp³-hybridized carbons (Fsp3) is 0.333. The smallest absolute Gasteiger partial charge is 0.131 e. The lowest BCUT2D eigenvalue weighted by Crippen LogP contribution is -2.31. The molecule has 0 aromatic heterocycles. The minimum Gasteiger partial charge on any atom is -0.376 e. The summed E-state index contributed by atoms with van der Waals surface area (Å²) < 4.78 is 24.9. The van der Waals surface area contributed by atoms with Gasteiger partial charge >= 0.3 is 0 Å². The van der Waals surface area contributed by atoms with Crippen molar-refractivity contribution >= 4 is 26.7 Å². The van der Waals surface area contributed by atoms with Crippen LogP contribution in [-0.2, 0) is 9.47 Å². The molecule has 19 heavy (non-hydrogen) atoms. The molecule has 0 radical (unpaired) electrons. The molecule has 1 fully saturated rings. The van der Waals surface area contributed by atoms with Crippen molar-refractivity contribution in [3.8, 4) is 0 Å². The average molecular weight is 325 g/mol. The quantitative estimate of drug-likeness (QED) is 0.782. The Kier molecular flexibility index (Phi) is 3.82. The molecule has 2 aromatic carbocycles. The van der Waals surface area contributed by atoms with Crippen LogP contribution in [0.3, 0.4) is 0 Å². The van der Waals surface area contributed by atoms with Gasteiger partial charge in [0.05, 0.1) is 30.8 Å². The normalized spacial score (nSPS) is 21.5. The molecule has 1 aliphatic rings. The molecule has 2 unspecified atom stereocenters. The third kappa shape index (κ3) is 2.53. The number of benzene rings is 2. The van der Waals surface area contributed by atoms with Crippen molar-refractivity contribution < 1.29 is 13.9 Å². The van der Waals surface area contributed by atoms with Crippen molar-refractivity contribution in [3.63, 3.8) is 0 Å². The van der Waals surface area contributed by atoms with Crippen LogP contribution in [0.2, 0.25) is 0 Å². The highest BCUT2D eigenvalue weighted by Crippen LogP contribution is 2.35. The van der Waals surface area contributed by atoms with E-state index >= 15 is 0 Å².